The summed E-state index contributed by atoms with van der Waals surface area (Å²) in [6.45, 7) is 9.85. The Morgan fingerprint density at radius 1 is 1.07 bits per heavy atom. The van der Waals surface area contributed by atoms with E-state index >= 15 is 0 Å². The Morgan fingerprint density at radius 2 is 1.68 bits per heavy atom. The van der Waals surface area contributed by atoms with Crippen LogP contribution >= 0.6 is 11.6 Å². The SMILES string of the molecule is CC.CC.COc1ccc2c(c1)c(CC=O)c(C)n2C(=O)c1ccc(Cl)cc1. The summed E-state index contributed by atoms with van der Waals surface area (Å²) in [5.74, 6) is 0.530. The van der Waals surface area contributed by atoms with Crippen LogP contribution in [-0.4, -0.2) is 23.9 Å². The lowest BCUT2D eigenvalue weighted by Crippen LogP contribution is -2.13. The number of hydrogen-bond acceptors (Lipinski definition) is 3. The molecule has 5 heteroatoms. The summed E-state index contributed by atoms with van der Waals surface area (Å²) < 4.78 is 6.90. The number of halogens is 1. The molecule has 0 aliphatic carbocycles. The second-order valence-electron chi connectivity index (χ2n) is 5.47. The summed E-state index contributed by atoms with van der Waals surface area (Å²) in [7, 11) is 1.59. The van der Waals surface area contributed by atoms with Crippen LogP contribution in [0, 0.1) is 6.92 Å². The maximum atomic E-state index is 13.0. The highest BCUT2D eigenvalue weighted by atomic mass is 35.5. The van der Waals surface area contributed by atoms with Gasteiger partial charge in [-0.05, 0) is 55.0 Å². The van der Waals surface area contributed by atoms with Crippen molar-refractivity contribution in [1.82, 2.24) is 4.57 Å². The third kappa shape index (κ3) is 4.82. The van der Waals surface area contributed by atoms with E-state index in [4.69, 9.17) is 16.3 Å². The number of ether oxygens (including phenoxy) is 1. The van der Waals surface area contributed by atoms with Crippen LogP contribution in [0.15, 0.2) is 42.5 Å². The highest BCUT2D eigenvalue weighted by Crippen LogP contribution is 2.30. The second-order valence-corrected chi connectivity index (χ2v) is 5.90. The molecule has 28 heavy (non-hydrogen) atoms. The number of hydrogen-bond donors (Lipinski definition) is 0. The molecule has 1 heterocycles. The first-order valence-electron chi connectivity index (χ1n) is 9.48. The number of carbonyl (C=O) groups excluding carboxylic acids is 2. The van der Waals surface area contributed by atoms with Gasteiger partial charge in [0.2, 0.25) is 0 Å². The lowest BCUT2D eigenvalue weighted by Gasteiger charge is -2.08. The zero-order valence-electron chi connectivity index (χ0n) is 17.4. The van der Waals surface area contributed by atoms with Gasteiger partial charge in [-0.15, -0.1) is 0 Å². The largest absolute Gasteiger partial charge is 0.497 e. The molecule has 0 amide bonds. The van der Waals surface area contributed by atoms with Crippen LogP contribution in [0.3, 0.4) is 0 Å². The van der Waals surface area contributed by atoms with Crippen molar-refractivity contribution in [3.05, 3.63) is 64.3 Å². The molecule has 0 radical (unpaired) electrons. The molecule has 0 bridgehead atoms. The maximum absolute atomic E-state index is 13.0. The monoisotopic (exact) mass is 401 g/mol. The van der Waals surface area contributed by atoms with Crippen molar-refractivity contribution < 1.29 is 14.3 Å². The third-order valence-electron chi connectivity index (χ3n) is 4.12. The van der Waals surface area contributed by atoms with Gasteiger partial charge in [0.15, 0.2) is 0 Å². The first-order valence-corrected chi connectivity index (χ1v) is 9.86. The van der Waals surface area contributed by atoms with Gasteiger partial charge < -0.3 is 9.53 Å². The molecule has 0 saturated heterocycles. The molecule has 0 N–H and O–H groups in total. The fraction of sp³-hybridized carbons (Fsp3) is 0.304. The highest BCUT2D eigenvalue weighted by molar-refractivity contribution is 6.30. The van der Waals surface area contributed by atoms with E-state index in [0.717, 1.165) is 28.4 Å². The van der Waals surface area contributed by atoms with Gasteiger partial charge >= 0.3 is 0 Å². The average Bonchev–Trinajstić information content (AvgIpc) is 3.02. The number of nitrogens with zero attached hydrogens (tertiary/aromatic N) is 1. The number of benzene rings is 2. The van der Waals surface area contributed by atoms with Crippen LogP contribution in [0.5, 0.6) is 5.75 Å². The molecule has 0 unspecified atom stereocenters. The molecule has 0 atom stereocenters. The summed E-state index contributed by atoms with van der Waals surface area (Å²) in [4.78, 5) is 24.0. The van der Waals surface area contributed by atoms with E-state index in [1.807, 2.05) is 46.8 Å². The molecule has 3 rings (SSSR count). The number of rotatable bonds is 4. The molecule has 0 spiro atoms. The standard InChI is InChI=1S/C19H16ClNO3.2C2H6/c1-12-16(9-10-22)17-11-15(24-2)7-8-18(17)21(12)19(23)13-3-5-14(20)6-4-13;2*1-2/h3-8,10-11H,9H2,1-2H3;2*1-2H3. The molecule has 3 aromatic rings. The van der Waals surface area contributed by atoms with Gasteiger partial charge in [-0.2, -0.15) is 0 Å². The molecule has 2 aromatic carbocycles. The topological polar surface area (TPSA) is 48.3 Å². The Kier molecular flexibility index (Phi) is 9.46. The Bertz CT molecular complexity index is 927. The average molecular weight is 402 g/mol. The molecule has 1 aromatic heterocycles. The van der Waals surface area contributed by atoms with Gasteiger partial charge in [-0.1, -0.05) is 39.3 Å². The lowest BCUT2D eigenvalue weighted by molar-refractivity contribution is -0.107. The quantitative estimate of drug-likeness (QED) is 0.496. The second kappa shape index (κ2) is 11.3. The number of aldehydes is 1. The normalized spacial score (nSPS) is 9.68. The van der Waals surface area contributed by atoms with Crippen molar-refractivity contribution in [2.24, 2.45) is 0 Å². The molecule has 0 fully saturated rings. The van der Waals surface area contributed by atoms with E-state index in [1.165, 1.54) is 0 Å². The summed E-state index contributed by atoms with van der Waals surface area (Å²) in [5, 5.41) is 1.42. The van der Waals surface area contributed by atoms with Crippen molar-refractivity contribution >= 4 is 34.7 Å². The summed E-state index contributed by atoms with van der Waals surface area (Å²) in [5.41, 5.74) is 2.88. The van der Waals surface area contributed by atoms with E-state index < -0.39 is 0 Å². The van der Waals surface area contributed by atoms with Crippen LogP contribution in [0.1, 0.15) is 49.3 Å². The summed E-state index contributed by atoms with van der Waals surface area (Å²) in [6.07, 6.45) is 1.09. The van der Waals surface area contributed by atoms with Crippen molar-refractivity contribution in [1.29, 1.82) is 0 Å². The van der Waals surface area contributed by atoms with E-state index in [1.54, 1.807) is 42.0 Å². The molecule has 0 aliphatic rings. The predicted octanol–water partition coefficient (Wildman–Crippen LogP) is 6.09. The van der Waals surface area contributed by atoms with Crippen molar-refractivity contribution in [2.75, 3.05) is 7.11 Å². The van der Waals surface area contributed by atoms with Crippen LogP contribution in [0.25, 0.3) is 10.9 Å². The number of aromatic nitrogens is 1. The van der Waals surface area contributed by atoms with Gasteiger partial charge in [0.1, 0.15) is 12.0 Å². The Hall–Kier alpha value is -2.59. The third-order valence-corrected chi connectivity index (χ3v) is 4.38. The number of fused-ring (bicyclic) bond motifs is 1. The van der Waals surface area contributed by atoms with Gasteiger partial charge in [-0.3, -0.25) is 9.36 Å². The van der Waals surface area contributed by atoms with Gasteiger partial charge in [-0.25, -0.2) is 0 Å². The molecule has 4 nitrogen and oxygen atoms in total. The van der Waals surface area contributed by atoms with E-state index in [2.05, 4.69) is 0 Å². The van der Waals surface area contributed by atoms with Crippen LogP contribution in [0.4, 0.5) is 0 Å². The summed E-state index contributed by atoms with van der Waals surface area (Å²) in [6, 6.07) is 12.3. The molecule has 0 saturated carbocycles. The van der Waals surface area contributed by atoms with Crippen LogP contribution < -0.4 is 4.74 Å². The van der Waals surface area contributed by atoms with Crippen molar-refractivity contribution in [2.45, 2.75) is 41.0 Å². The molecule has 0 aliphatic heterocycles. The van der Waals surface area contributed by atoms with Crippen LogP contribution in [0.2, 0.25) is 5.02 Å². The zero-order valence-corrected chi connectivity index (χ0v) is 18.1. The number of methoxy groups -OCH3 is 1. The maximum Gasteiger partial charge on any atom is 0.262 e. The zero-order chi connectivity index (χ0) is 21.3. The Labute approximate surface area is 172 Å². The minimum Gasteiger partial charge on any atom is -0.497 e. The molecular formula is C23H28ClNO3. The number of carbonyl (C=O) groups is 2. The molecular weight excluding hydrogens is 374 g/mol. The van der Waals surface area contributed by atoms with E-state index in [-0.39, 0.29) is 12.3 Å². The van der Waals surface area contributed by atoms with E-state index in [9.17, 15) is 9.59 Å². The van der Waals surface area contributed by atoms with Crippen LogP contribution in [-0.2, 0) is 11.2 Å². The van der Waals surface area contributed by atoms with E-state index in [0.29, 0.717) is 16.3 Å². The molecule has 150 valence electrons. The minimum atomic E-state index is -0.156. The fourth-order valence-corrected chi connectivity index (χ4v) is 3.04. The van der Waals surface area contributed by atoms with Crippen molar-refractivity contribution in [3.8, 4) is 5.75 Å². The Morgan fingerprint density at radius 3 is 2.21 bits per heavy atom. The highest BCUT2D eigenvalue weighted by Gasteiger charge is 2.20. The van der Waals surface area contributed by atoms with Gasteiger partial charge in [0.25, 0.3) is 5.91 Å². The van der Waals surface area contributed by atoms with Gasteiger partial charge in [0, 0.05) is 28.1 Å². The Balaban J connectivity index is 0.000000921. The lowest BCUT2D eigenvalue weighted by atomic mass is 10.1. The smallest absolute Gasteiger partial charge is 0.262 e. The minimum absolute atomic E-state index is 0.156. The summed E-state index contributed by atoms with van der Waals surface area (Å²) >= 11 is 5.90. The van der Waals surface area contributed by atoms with Gasteiger partial charge in [0.05, 0.1) is 12.6 Å². The first-order chi connectivity index (χ1) is 13.6. The van der Waals surface area contributed by atoms with Crippen molar-refractivity contribution in [3.63, 3.8) is 0 Å². The predicted molar refractivity (Wildman–Crippen MR) is 117 cm³/mol. The fourth-order valence-electron chi connectivity index (χ4n) is 2.91. The first kappa shape index (κ1) is 23.4.